The molecule has 0 radical (unpaired) electrons. The van der Waals surface area contributed by atoms with Crippen LogP contribution in [0, 0.1) is 0 Å². The van der Waals surface area contributed by atoms with E-state index < -0.39 is 12.0 Å². The summed E-state index contributed by atoms with van der Waals surface area (Å²) in [5.41, 5.74) is 2.95. The van der Waals surface area contributed by atoms with E-state index in [1.54, 1.807) is 6.08 Å². The number of esters is 1. The Bertz CT molecular complexity index is 909. The van der Waals surface area contributed by atoms with E-state index in [2.05, 4.69) is 17.2 Å². The fraction of sp³-hybridized carbons (Fsp3) is 0.182. The predicted molar refractivity (Wildman–Crippen MR) is 113 cm³/mol. The van der Waals surface area contributed by atoms with E-state index in [1.165, 1.54) is 0 Å². The van der Waals surface area contributed by atoms with Crippen molar-refractivity contribution in [1.82, 2.24) is 10.6 Å². The Kier molecular flexibility index (Phi) is 6.45. The number of hydrogen-bond acceptors (Lipinski definition) is 4. The van der Waals surface area contributed by atoms with Crippen molar-refractivity contribution >= 4 is 23.3 Å². The van der Waals surface area contributed by atoms with E-state index in [0.29, 0.717) is 28.7 Å². The van der Waals surface area contributed by atoms with Crippen molar-refractivity contribution in [2.24, 2.45) is 0 Å². The molecule has 0 bridgehead atoms. The van der Waals surface area contributed by atoms with E-state index in [1.807, 2.05) is 61.5 Å². The minimum atomic E-state index is -0.427. The third kappa shape index (κ3) is 4.78. The summed E-state index contributed by atoms with van der Waals surface area (Å²) in [7, 11) is 0. The molecule has 0 saturated heterocycles. The van der Waals surface area contributed by atoms with Crippen LogP contribution in [-0.4, -0.2) is 17.7 Å². The number of allylic oxidation sites excluding steroid dienone is 1. The van der Waals surface area contributed by atoms with Gasteiger partial charge in [-0.1, -0.05) is 55.1 Å². The molecular formula is C22H22N2O3S. The first-order valence-electron chi connectivity index (χ1n) is 8.91. The van der Waals surface area contributed by atoms with Crippen molar-refractivity contribution in [3.63, 3.8) is 0 Å². The molecule has 1 atom stereocenters. The van der Waals surface area contributed by atoms with Crippen LogP contribution in [0.5, 0.6) is 5.75 Å². The van der Waals surface area contributed by atoms with Crippen LogP contribution >= 0.6 is 12.2 Å². The maximum absolute atomic E-state index is 12.9. The van der Waals surface area contributed by atoms with Crippen LogP contribution in [0.1, 0.15) is 24.1 Å². The molecule has 2 N–H and O–H groups in total. The second-order valence-electron chi connectivity index (χ2n) is 6.30. The van der Waals surface area contributed by atoms with Crippen LogP contribution in [0.15, 0.2) is 78.5 Å². The molecule has 28 heavy (non-hydrogen) atoms. The van der Waals surface area contributed by atoms with Gasteiger partial charge in [0.1, 0.15) is 19.0 Å². The van der Waals surface area contributed by atoms with Crippen LogP contribution in [-0.2, 0) is 16.1 Å². The monoisotopic (exact) mass is 394 g/mol. The summed E-state index contributed by atoms with van der Waals surface area (Å²) in [5, 5.41) is 6.63. The zero-order valence-electron chi connectivity index (χ0n) is 15.6. The van der Waals surface area contributed by atoms with Crippen molar-refractivity contribution in [2.45, 2.75) is 19.6 Å². The average Bonchev–Trinajstić information content (AvgIpc) is 2.71. The van der Waals surface area contributed by atoms with Gasteiger partial charge in [0.2, 0.25) is 0 Å². The Morgan fingerprint density at radius 1 is 1.21 bits per heavy atom. The number of rotatable bonds is 7. The van der Waals surface area contributed by atoms with Gasteiger partial charge in [0.25, 0.3) is 0 Å². The molecule has 1 heterocycles. The molecule has 3 rings (SSSR count). The Morgan fingerprint density at radius 2 is 2.00 bits per heavy atom. The van der Waals surface area contributed by atoms with Crippen molar-refractivity contribution in [3.05, 3.63) is 89.6 Å². The first-order valence-corrected chi connectivity index (χ1v) is 9.32. The SMILES string of the molecule is C=CCOc1cccc([C@@H]2NC(=S)NC(C)=C2C(=O)OCc2ccccc2)c1. The third-order valence-corrected chi connectivity index (χ3v) is 4.48. The molecule has 0 aliphatic carbocycles. The average molecular weight is 394 g/mol. The lowest BCUT2D eigenvalue weighted by atomic mass is 9.95. The van der Waals surface area contributed by atoms with Gasteiger partial charge in [-0.2, -0.15) is 0 Å². The van der Waals surface area contributed by atoms with Gasteiger partial charge in [-0.3, -0.25) is 0 Å². The maximum Gasteiger partial charge on any atom is 0.338 e. The molecule has 1 aliphatic heterocycles. The highest BCUT2D eigenvalue weighted by atomic mass is 32.1. The van der Waals surface area contributed by atoms with Crippen LogP contribution in [0.2, 0.25) is 0 Å². The van der Waals surface area contributed by atoms with Gasteiger partial charge >= 0.3 is 5.97 Å². The summed E-state index contributed by atoms with van der Waals surface area (Å²) >= 11 is 5.29. The minimum absolute atomic E-state index is 0.204. The summed E-state index contributed by atoms with van der Waals surface area (Å²) in [4.78, 5) is 12.9. The van der Waals surface area contributed by atoms with Crippen LogP contribution in [0.3, 0.4) is 0 Å². The first-order chi connectivity index (χ1) is 13.6. The number of ether oxygens (including phenoxy) is 2. The molecule has 2 aromatic rings. The number of carbonyl (C=O) groups excluding carboxylic acids is 1. The van der Waals surface area contributed by atoms with Crippen LogP contribution in [0.25, 0.3) is 0 Å². The number of carbonyl (C=O) groups is 1. The molecule has 0 unspecified atom stereocenters. The number of nitrogens with one attached hydrogen (secondary N) is 2. The Hall–Kier alpha value is -3.12. The number of hydrogen-bond donors (Lipinski definition) is 2. The van der Waals surface area contributed by atoms with Crippen LogP contribution in [0.4, 0.5) is 0 Å². The Morgan fingerprint density at radius 3 is 2.75 bits per heavy atom. The smallest absolute Gasteiger partial charge is 0.338 e. The van der Waals surface area contributed by atoms with Gasteiger partial charge in [-0.15, -0.1) is 0 Å². The van der Waals surface area contributed by atoms with E-state index >= 15 is 0 Å². The standard InChI is InChI=1S/C22H22N2O3S/c1-3-12-26-18-11-7-10-17(13-18)20-19(15(2)23-22(28)24-20)21(25)27-14-16-8-5-4-6-9-16/h3-11,13,20H,1,12,14H2,2H3,(H2,23,24,28)/t20-/m0/s1. The molecule has 0 amide bonds. The van der Waals surface area contributed by atoms with E-state index in [0.717, 1.165) is 11.1 Å². The lowest BCUT2D eigenvalue weighted by Crippen LogP contribution is -2.45. The zero-order chi connectivity index (χ0) is 19.9. The Balaban J connectivity index is 1.84. The van der Waals surface area contributed by atoms with Gasteiger partial charge in [0, 0.05) is 5.70 Å². The van der Waals surface area contributed by atoms with E-state index in [4.69, 9.17) is 21.7 Å². The van der Waals surface area contributed by atoms with Crippen LogP contribution < -0.4 is 15.4 Å². The van der Waals surface area contributed by atoms with E-state index in [-0.39, 0.29) is 6.61 Å². The van der Waals surface area contributed by atoms with Gasteiger partial charge < -0.3 is 20.1 Å². The summed E-state index contributed by atoms with van der Waals surface area (Å²) < 4.78 is 11.2. The largest absolute Gasteiger partial charge is 0.490 e. The van der Waals surface area contributed by atoms with E-state index in [9.17, 15) is 4.79 Å². The third-order valence-electron chi connectivity index (χ3n) is 4.26. The molecule has 0 spiro atoms. The van der Waals surface area contributed by atoms with Crippen molar-refractivity contribution in [2.75, 3.05) is 6.61 Å². The lowest BCUT2D eigenvalue weighted by Gasteiger charge is -2.30. The van der Waals surface area contributed by atoms with Crippen molar-refractivity contribution in [1.29, 1.82) is 0 Å². The quantitative estimate of drug-likeness (QED) is 0.423. The summed E-state index contributed by atoms with van der Waals surface area (Å²) in [6, 6.07) is 16.7. The summed E-state index contributed by atoms with van der Waals surface area (Å²) in [6.45, 7) is 6.08. The van der Waals surface area contributed by atoms with Gasteiger partial charge in [0.05, 0.1) is 11.6 Å². The second kappa shape index (κ2) is 9.19. The predicted octanol–water partition coefficient (Wildman–Crippen LogP) is 3.79. The fourth-order valence-electron chi connectivity index (χ4n) is 2.95. The van der Waals surface area contributed by atoms with Gasteiger partial charge in [-0.05, 0) is 42.4 Å². The normalized spacial score (nSPS) is 16.0. The maximum atomic E-state index is 12.9. The highest BCUT2D eigenvalue weighted by Crippen LogP contribution is 2.30. The molecule has 5 nitrogen and oxygen atoms in total. The molecular weight excluding hydrogens is 372 g/mol. The summed E-state index contributed by atoms with van der Waals surface area (Å²) in [5.74, 6) is 0.296. The highest BCUT2D eigenvalue weighted by Gasteiger charge is 2.31. The van der Waals surface area contributed by atoms with Crippen molar-refractivity contribution in [3.8, 4) is 5.75 Å². The molecule has 6 heteroatoms. The first kappa shape index (κ1) is 19.6. The van der Waals surface area contributed by atoms with Gasteiger partial charge in [-0.25, -0.2) is 4.79 Å². The topological polar surface area (TPSA) is 59.6 Å². The lowest BCUT2D eigenvalue weighted by molar-refractivity contribution is -0.140. The molecule has 0 saturated carbocycles. The van der Waals surface area contributed by atoms with Crippen molar-refractivity contribution < 1.29 is 14.3 Å². The zero-order valence-corrected chi connectivity index (χ0v) is 16.4. The second-order valence-corrected chi connectivity index (χ2v) is 6.71. The molecule has 144 valence electrons. The number of benzene rings is 2. The molecule has 0 fully saturated rings. The number of thiocarbonyl (C=S) groups is 1. The highest BCUT2D eigenvalue weighted by molar-refractivity contribution is 7.80. The minimum Gasteiger partial charge on any atom is -0.490 e. The fourth-order valence-corrected chi connectivity index (χ4v) is 3.23. The molecule has 0 aromatic heterocycles. The molecule has 1 aliphatic rings. The Labute approximate surface area is 170 Å². The summed E-state index contributed by atoms with van der Waals surface area (Å²) in [6.07, 6.45) is 1.68. The molecule has 2 aromatic carbocycles. The van der Waals surface area contributed by atoms with Gasteiger partial charge in [0.15, 0.2) is 5.11 Å².